The molecule has 0 N–H and O–H groups in total. The summed E-state index contributed by atoms with van der Waals surface area (Å²) in [6.45, 7) is 0.600. The molecule has 3 heterocycles. The van der Waals surface area contributed by atoms with E-state index < -0.39 is 66.3 Å². The van der Waals surface area contributed by atoms with Crippen LogP contribution < -0.4 is 15.2 Å². The van der Waals surface area contributed by atoms with E-state index in [1.165, 1.54) is 39.8 Å². The summed E-state index contributed by atoms with van der Waals surface area (Å²) in [5.41, 5.74) is 0.458. The van der Waals surface area contributed by atoms with E-state index in [2.05, 4.69) is 0 Å². The quantitative estimate of drug-likeness (QED) is 0.222. The highest BCUT2D eigenvalue weighted by Gasteiger charge is 2.48. The number of benzene rings is 2. The molecule has 216 valence electrons. The molecule has 0 spiro atoms. The van der Waals surface area contributed by atoms with Crippen LogP contribution in [0.5, 0.6) is 5.75 Å². The SMILES string of the molecule is CC(=O)OCOc1c2n(ccc1=O)N([C@H]1c3ccc(Cl)cc3CSc3c(F)cccc31)CN([C@H](C)C(F)(F)F)C2=O. The van der Waals surface area contributed by atoms with Gasteiger partial charge in [-0.1, -0.05) is 29.8 Å². The third-order valence-electron chi connectivity index (χ3n) is 6.84. The normalized spacial score (nSPS) is 17.2. The Labute approximate surface area is 240 Å². The number of nitrogens with zero attached hydrogens (tertiary/aromatic N) is 3. The molecule has 2 aromatic carbocycles. The molecule has 0 saturated carbocycles. The molecule has 0 bridgehead atoms. The van der Waals surface area contributed by atoms with Crippen molar-refractivity contribution in [2.75, 3.05) is 18.5 Å². The first-order valence-corrected chi connectivity index (χ1v) is 13.6. The number of ether oxygens (including phenoxy) is 2. The minimum absolute atomic E-state index is 0.283. The average molecular weight is 612 g/mol. The largest absolute Gasteiger partial charge is 0.451 e. The van der Waals surface area contributed by atoms with Gasteiger partial charge in [-0.15, -0.1) is 11.8 Å². The fourth-order valence-corrected chi connectivity index (χ4v) is 6.13. The molecule has 0 radical (unpaired) electrons. The topological polar surface area (TPSA) is 81.1 Å². The van der Waals surface area contributed by atoms with Crippen molar-refractivity contribution in [1.82, 2.24) is 9.58 Å². The number of carbonyl (C=O) groups excluding carboxylic acids is 2. The number of alkyl halides is 3. The molecule has 1 amide bonds. The highest BCUT2D eigenvalue weighted by Crippen LogP contribution is 2.45. The van der Waals surface area contributed by atoms with E-state index in [9.17, 15) is 27.6 Å². The van der Waals surface area contributed by atoms with Crippen LogP contribution in [0.3, 0.4) is 0 Å². The maximum Gasteiger partial charge on any atom is 0.408 e. The van der Waals surface area contributed by atoms with Gasteiger partial charge in [-0.25, -0.2) is 4.39 Å². The minimum atomic E-state index is -4.81. The predicted molar refractivity (Wildman–Crippen MR) is 142 cm³/mol. The van der Waals surface area contributed by atoms with Gasteiger partial charge in [-0.05, 0) is 41.8 Å². The Morgan fingerprint density at radius 2 is 1.93 bits per heavy atom. The third-order valence-corrected chi connectivity index (χ3v) is 8.25. The van der Waals surface area contributed by atoms with Crippen LogP contribution in [0.4, 0.5) is 17.6 Å². The van der Waals surface area contributed by atoms with E-state index in [-0.39, 0.29) is 4.90 Å². The summed E-state index contributed by atoms with van der Waals surface area (Å²) in [4.78, 5) is 38.6. The molecule has 1 aromatic heterocycles. The first kappa shape index (κ1) is 28.8. The Balaban J connectivity index is 1.77. The molecule has 0 fully saturated rings. The number of hydrogen-bond acceptors (Lipinski definition) is 7. The molecular formula is C27H22ClF4N3O5S. The lowest BCUT2D eigenvalue weighted by molar-refractivity contribution is -0.173. The van der Waals surface area contributed by atoms with Gasteiger partial charge in [-0.3, -0.25) is 24.1 Å². The Morgan fingerprint density at radius 3 is 2.63 bits per heavy atom. The van der Waals surface area contributed by atoms with E-state index in [1.54, 1.807) is 24.3 Å². The maximum absolute atomic E-state index is 15.1. The third kappa shape index (κ3) is 5.35. The minimum Gasteiger partial charge on any atom is -0.451 e. The molecule has 41 heavy (non-hydrogen) atoms. The standard InChI is InChI=1S/C27H22ClF4N3O5S/c1-14(27(30,31)32)33-12-35(34-9-8-21(37)24(23(34)26(33)38)40-13-39-15(2)36)22-18-7-6-17(28)10-16(18)11-41-25-19(22)4-3-5-20(25)29/h3-10,14,22H,11-13H2,1-2H3/t14-,22+/m1/s1. The molecule has 0 aliphatic carbocycles. The molecule has 8 nitrogen and oxygen atoms in total. The molecule has 0 saturated heterocycles. The van der Waals surface area contributed by atoms with Crippen molar-refractivity contribution in [1.29, 1.82) is 0 Å². The summed E-state index contributed by atoms with van der Waals surface area (Å²) in [7, 11) is 0. The molecule has 14 heteroatoms. The Hall–Kier alpha value is -3.71. The summed E-state index contributed by atoms with van der Waals surface area (Å²) in [6.07, 6.45) is -3.57. The first-order valence-electron chi connectivity index (χ1n) is 12.2. The number of fused-ring (bicyclic) bond motifs is 3. The van der Waals surface area contributed by atoms with Gasteiger partial charge in [0.1, 0.15) is 18.5 Å². The van der Waals surface area contributed by atoms with Crippen molar-refractivity contribution < 1.29 is 36.6 Å². The molecule has 2 aliphatic heterocycles. The lowest BCUT2D eigenvalue weighted by Gasteiger charge is -2.46. The number of halogens is 5. The molecule has 3 aromatic rings. The zero-order valence-electron chi connectivity index (χ0n) is 21.6. The monoisotopic (exact) mass is 611 g/mol. The van der Waals surface area contributed by atoms with Gasteiger partial charge in [0.2, 0.25) is 18.0 Å². The van der Waals surface area contributed by atoms with E-state index in [0.29, 0.717) is 32.4 Å². The van der Waals surface area contributed by atoms with Gasteiger partial charge in [-0.2, -0.15) is 13.2 Å². The fourth-order valence-electron chi connectivity index (χ4n) is 4.83. The Bertz CT molecular complexity index is 1600. The zero-order chi connectivity index (χ0) is 29.6. The van der Waals surface area contributed by atoms with Crippen molar-refractivity contribution in [3.63, 3.8) is 0 Å². The highest BCUT2D eigenvalue weighted by atomic mass is 35.5. The second-order valence-corrected chi connectivity index (χ2v) is 10.8. The van der Waals surface area contributed by atoms with Gasteiger partial charge in [0.15, 0.2) is 5.69 Å². The van der Waals surface area contributed by atoms with Crippen LogP contribution in [0.2, 0.25) is 5.02 Å². The Morgan fingerprint density at radius 1 is 1.17 bits per heavy atom. The van der Waals surface area contributed by atoms with Crippen LogP contribution in [-0.4, -0.2) is 47.1 Å². The van der Waals surface area contributed by atoms with Gasteiger partial charge in [0.25, 0.3) is 5.91 Å². The van der Waals surface area contributed by atoms with E-state index in [4.69, 9.17) is 21.1 Å². The number of thioether (sulfide) groups is 1. The van der Waals surface area contributed by atoms with Gasteiger partial charge in [0.05, 0.1) is 6.04 Å². The van der Waals surface area contributed by atoms with Gasteiger partial charge < -0.3 is 14.4 Å². The number of carbonyl (C=O) groups is 2. The van der Waals surface area contributed by atoms with Gasteiger partial charge >= 0.3 is 12.1 Å². The van der Waals surface area contributed by atoms with Crippen molar-refractivity contribution in [2.45, 2.75) is 42.8 Å². The number of amides is 1. The maximum atomic E-state index is 15.1. The van der Waals surface area contributed by atoms with Crippen LogP contribution in [0.15, 0.2) is 58.4 Å². The van der Waals surface area contributed by atoms with E-state index >= 15 is 4.39 Å². The lowest BCUT2D eigenvalue weighted by Crippen LogP contribution is -2.60. The van der Waals surface area contributed by atoms with Crippen molar-refractivity contribution in [3.8, 4) is 5.75 Å². The summed E-state index contributed by atoms with van der Waals surface area (Å²) in [6, 6.07) is 7.37. The van der Waals surface area contributed by atoms with Crippen molar-refractivity contribution >= 4 is 35.2 Å². The first-order chi connectivity index (χ1) is 19.4. The van der Waals surface area contributed by atoms with Crippen LogP contribution in [0.25, 0.3) is 0 Å². The second-order valence-electron chi connectivity index (χ2n) is 9.37. The second kappa shape index (κ2) is 10.9. The molecular weight excluding hydrogens is 590 g/mol. The van der Waals surface area contributed by atoms with Crippen LogP contribution >= 0.6 is 23.4 Å². The number of rotatable bonds is 5. The van der Waals surface area contributed by atoms with Crippen LogP contribution in [-0.2, 0) is 15.3 Å². The van der Waals surface area contributed by atoms with Crippen molar-refractivity contribution in [3.05, 3.63) is 92.1 Å². The summed E-state index contributed by atoms with van der Waals surface area (Å²) >= 11 is 7.48. The zero-order valence-corrected chi connectivity index (χ0v) is 23.1. The highest BCUT2D eigenvalue weighted by molar-refractivity contribution is 7.98. The number of esters is 1. The number of aromatic nitrogens is 1. The molecule has 2 aliphatic rings. The number of hydrogen-bond donors (Lipinski definition) is 0. The average Bonchev–Trinajstić information content (AvgIpc) is 3.06. The predicted octanol–water partition coefficient (Wildman–Crippen LogP) is 5.24. The van der Waals surface area contributed by atoms with Crippen LogP contribution in [0.1, 0.15) is 47.1 Å². The summed E-state index contributed by atoms with van der Waals surface area (Å²) in [5.74, 6) is -2.65. The molecule has 0 unspecified atom stereocenters. The Kier molecular flexibility index (Phi) is 7.68. The smallest absolute Gasteiger partial charge is 0.408 e. The fraction of sp³-hybridized carbons (Fsp3) is 0.296. The van der Waals surface area contributed by atoms with Gasteiger partial charge in [0, 0.05) is 34.9 Å². The van der Waals surface area contributed by atoms with E-state index in [1.807, 2.05) is 0 Å². The summed E-state index contributed by atoms with van der Waals surface area (Å²) in [5, 5.41) is 1.86. The van der Waals surface area contributed by atoms with Crippen LogP contribution in [0, 0.1) is 5.82 Å². The molecule has 5 rings (SSSR count). The lowest BCUT2D eigenvalue weighted by atomic mass is 9.94. The number of pyridine rings is 1. The summed E-state index contributed by atoms with van der Waals surface area (Å²) < 4.78 is 68.6. The van der Waals surface area contributed by atoms with E-state index in [0.717, 1.165) is 19.9 Å². The van der Waals surface area contributed by atoms with Crippen molar-refractivity contribution in [2.24, 2.45) is 0 Å². The molecule has 2 atom stereocenters.